The van der Waals surface area contributed by atoms with Gasteiger partial charge >= 0.3 is 0 Å². The molecule has 168 valence electrons. The first kappa shape index (κ1) is 21.9. The third-order valence-corrected chi connectivity index (χ3v) is 8.46. The molecule has 2 nitrogen and oxygen atoms in total. The summed E-state index contributed by atoms with van der Waals surface area (Å²) in [7, 11) is 0. The minimum atomic E-state index is -0.231. The van der Waals surface area contributed by atoms with E-state index in [1.807, 2.05) is 11.8 Å². The molecule has 5 rings (SSSR count). The lowest BCUT2D eigenvalue weighted by Crippen LogP contribution is -2.32. The fraction of sp³-hybridized carbons (Fsp3) is 0.448. The van der Waals surface area contributed by atoms with E-state index >= 15 is 0 Å². The highest BCUT2D eigenvalue weighted by molar-refractivity contribution is 7.99. The van der Waals surface area contributed by atoms with Gasteiger partial charge in [0.15, 0.2) is 0 Å². The van der Waals surface area contributed by atoms with Crippen molar-refractivity contribution < 1.29 is 9.47 Å². The Morgan fingerprint density at radius 3 is 2.47 bits per heavy atom. The predicted octanol–water partition coefficient (Wildman–Crippen LogP) is 8.06. The summed E-state index contributed by atoms with van der Waals surface area (Å²) in [6.45, 7) is 4.51. The molecule has 0 saturated heterocycles. The lowest BCUT2D eigenvalue weighted by molar-refractivity contribution is -0.120. The molecular formula is C29H34O2S. The summed E-state index contributed by atoms with van der Waals surface area (Å²) in [5, 5.41) is 2.56. The molecule has 2 fully saturated rings. The molecule has 2 saturated carbocycles. The maximum atomic E-state index is 6.61. The molecule has 3 heteroatoms. The average molecular weight is 447 g/mol. The molecule has 0 aromatic heterocycles. The number of ether oxygens (including phenoxy) is 2. The highest BCUT2D eigenvalue weighted by Gasteiger charge is 2.41. The van der Waals surface area contributed by atoms with Crippen LogP contribution < -0.4 is 4.74 Å². The van der Waals surface area contributed by atoms with Crippen molar-refractivity contribution in [3.05, 3.63) is 72.3 Å². The van der Waals surface area contributed by atoms with Crippen molar-refractivity contribution in [3.63, 3.8) is 0 Å². The third kappa shape index (κ3) is 5.00. The van der Waals surface area contributed by atoms with Crippen LogP contribution in [0.3, 0.4) is 0 Å². The summed E-state index contributed by atoms with van der Waals surface area (Å²) in [4.78, 5) is 1.26. The molecule has 0 aliphatic heterocycles. The van der Waals surface area contributed by atoms with Crippen LogP contribution in [0.1, 0.15) is 57.4 Å². The van der Waals surface area contributed by atoms with E-state index < -0.39 is 0 Å². The number of fused-ring (bicyclic) bond motifs is 3. The van der Waals surface area contributed by atoms with Crippen molar-refractivity contribution in [1.82, 2.24) is 0 Å². The fourth-order valence-electron chi connectivity index (χ4n) is 5.33. The lowest BCUT2D eigenvalue weighted by Gasteiger charge is -2.28. The fourth-order valence-corrected chi connectivity index (χ4v) is 6.18. The van der Waals surface area contributed by atoms with Crippen molar-refractivity contribution in [3.8, 4) is 5.75 Å². The van der Waals surface area contributed by atoms with Crippen LogP contribution in [-0.2, 0) is 4.74 Å². The monoisotopic (exact) mass is 446 g/mol. The Hall–Kier alpha value is -1.97. The zero-order valence-electron chi connectivity index (χ0n) is 19.2. The Morgan fingerprint density at radius 2 is 1.75 bits per heavy atom. The van der Waals surface area contributed by atoms with Gasteiger partial charge in [-0.2, -0.15) is 0 Å². The minimum Gasteiger partial charge on any atom is -0.464 e. The maximum Gasteiger partial charge on any atom is 0.209 e. The van der Waals surface area contributed by atoms with Gasteiger partial charge in [0.05, 0.1) is 11.9 Å². The summed E-state index contributed by atoms with van der Waals surface area (Å²) in [6, 6.07) is 23.9. The van der Waals surface area contributed by atoms with Gasteiger partial charge < -0.3 is 9.47 Å². The van der Waals surface area contributed by atoms with Crippen LogP contribution in [-0.4, -0.2) is 18.1 Å². The van der Waals surface area contributed by atoms with E-state index in [0.717, 1.165) is 29.8 Å². The normalized spacial score (nSPS) is 24.0. The topological polar surface area (TPSA) is 18.5 Å². The van der Waals surface area contributed by atoms with Crippen molar-refractivity contribution in [2.75, 3.05) is 5.75 Å². The van der Waals surface area contributed by atoms with Crippen molar-refractivity contribution in [2.24, 2.45) is 11.8 Å². The number of hydrogen-bond donors (Lipinski definition) is 0. The molecule has 5 unspecified atom stereocenters. The second kappa shape index (κ2) is 9.89. The van der Waals surface area contributed by atoms with Crippen LogP contribution in [0.25, 0.3) is 10.8 Å². The Morgan fingerprint density at radius 1 is 0.938 bits per heavy atom. The van der Waals surface area contributed by atoms with E-state index in [0.29, 0.717) is 12.0 Å². The molecule has 2 aliphatic carbocycles. The van der Waals surface area contributed by atoms with Gasteiger partial charge in [-0.15, -0.1) is 11.8 Å². The highest BCUT2D eigenvalue weighted by Crippen LogP contribution is 2.46. The van der Waals surface area contributed by atoms with Crippen molar-refractivity contribution in [1.29, 1.82) is 0 Å². The van der Waals surface area contributed by atoms with Gasteiger partial charge in [-0.1, -0.05) is 56.3 Å². The standard InChI is InChI=1S/C29H34O2S/c1-3-20(2)22-10-13-26(14-11-22)30-29(31-28-17-21-8-9-25(28)16-21)19-32-27-15-12-23-6-4-5-7-24(23)18-27/h4-7,10-15,18,20-21,25,28-29H,3,8-9,16-17,19H2,1-2H3. The summed E-state index contributed by atoms with van der Waals surface area (Å²) >= 11 is 1.83. The van der Waals surface area contributed by atoms with Gasteiger partial charge in [0.1, 0.15) is 5.75 Å². The molecule has 3 aromatic carbocycles. The number of rotatable bonds is 9. The Labute approximate surface area is 196 Å². The van der Waals surface area contributed by atoms with Gasteiger partial charge in [0.25, 0.3) is 0 Å². The maximum absolute atomic E-state index is 6.61. The number of hydrogen-bond acceptors (Lipinski definition) is 3. The Bertz CT molecular complexity index is 1030. The largest absolute Gasteiger partial charge is 0.464 e. The van der Waals surface area contributed by atoms with Gasteiger partial charge in [-0.05, 0) is 90.5 Å². The van der Waals surface area contributed by atoms with Crippen LogP contribution >= 0.6 is 11.8 Å². The predicted molar refractivity (Wildman–Crippen MR) is 135 cm³/mol. The molecule has 2 bridgehead atoms. The van der Waals surface area contributed by atoms with E-state index in [1.165, 1.54) is 46.9 Å². The Kier molecular flexibility index (Phi) is 6.75. The first-order valence-corrected chi connectivity index (χ1v) is 13.2. The molecule has 0 N–H and O–H groups in total. The van der Waals surface area contributed by atoms with E-state index in [9.17, 15) is 0 Å². The van der Waals surface area contributed by atoms with Crippen LogP contribution in [0.2, 0.25) is 0 Å². The second-order valence-electron chi connectivity index (χ2n) is 9.60. The summed E-state index contributed by atoms with van der Waals surface area (Å²) < 4.78 is 13.0. The summed E-state index contributed by atoms with van der Waals surface area (Å²) in [5.74, 6) is 3.87. The van der Waals surface area contributed by atoms with E-state index in [2.05, 4.69) is 80.6 Å². The molecule has 3 aromatic rings. The average Bonchev–Trinajstić information content (AvgIpc) is 3.46. The molecule has 2 aliphatic rings. The molecule has 0 heterocycles. The smallest absolute Gasteiger partial charge is 0.209 e. The van der Waals surface area contributed by atoms with Crippen molar-refractivity contribution >= 4 is 22.5 Å². The molecule has 5 atom stereocenters. The van der Waals surface area contributed by atoms with Crippen LogP contribution in [0.5, 0.6) is 5.75 Å². The van der Waals surface area contributed by atoms with Crippen LogP contribution in [0.15, 0.2) is 71.6 Å². The zero-order valence-corrected chi connectivity index (χ0v) is 20.0. The minimum absolute atomic E-state index is 0.231. The van der Waals surface area contributed by atoms with Crippen LogP contribution in [0.4, 0.5) is 0 Å². The quantitative estimate of drug-likeness (QED) is 0.245. The van der Waals surface area contributed by atoms with E-state index in [4.69, 9.17) is 9.47 Å². The third-order valence-electron chi connectivity index (χ3n) is 7.44. The highest BCUT2D eigenvalue weighted by atomic mass is 32.2. The van der Waals surface area contributed by atoms with Gasteiger partial charge in [-0.25, -0.2) is 0 Å². The Balaban J connectivity index is 1.28. The molecule has 0 radical (unpaired) electrons. The molecule has 32 heavy (non-hydrogen) atoms. The number of thioether (sulfide) groups is 1. The molecule has 0 amide bonds. The van der Waals surface area contributed by atoms with Gasteiger partial charge in [-0.3, -0.25) is 0 Å². The molecular weight excluding hydrogens is 412 g/mol. The summed E-state index contributed by atoms with van der Waals surface area (Å²) in [6.07, 6.45) is 6.54. The second-order valence-corrected chi connectivity index (χ2v) is 10.7. The number of benzene rings is 3. The van der Waals surface area contributed by atoms with Gasteiger partial charge in [0.2, 0.25) is 6.29 Å². The first-order chi connectivity index (χ1) is 15.7. The zero-order chi connectivity index (χ0) is 21.9. The lowest BCUT2D eigenvalue weighted by atomic mass is 9.98. The van der Waals surface area contributed by atoms with Crippen LogP contribution in [0, 0.1) is 11.8 Å². The SMILES string of the molecule is CCC(C)c1ccc(OC(CSc2ccc3ccccc3c2)OC2CC3CCC2C3)cc1. The first-order valence-electron chi connectivity index (χ1n) is 12.2. The van der Waals surface area contributed by atoms with Gasteiger partial charge in [0, 0.05) is 4.90 Å². The van der Waals surface area contributed by atoms with Crippen molar-refractivity contribution in [2.45, 2.75) is 69.2 Å². The van der Waals surface area contributed by atoms with E-state index in [1.54, 1.807) is 0 Å². The summed E-state index contributed by atoms with van der Waals surface area (Å²) in [5.41, 5.74) is 1.37. The van der Waals surface area contributed by atoms with E-state index in [-0.39, 0.29) is 6.29 Å². The molecule has 0 spiro atoms.